The summed E-state index contributed by atoms with van der Waals surface area (Å²) in [5.74, 6) is 0. The first-order valence-electron chi connectivity index (χ1n) is 11.5. The van der Waals surface area contributed by atoms with Crippen molar-refractivity contribution in [2.45, 2.75) is 56.6 Å². The number of pyridine rings is 1. The van der Waals surface area contributed by atoms with Gasteiger partial charge in [0.25, 0.3) is 10.0 Å². The van der Waals surface area contributed by atoms with Crippen LogP contribution in [0, 0.1) is 10.1 Å². The van der Waals surface area contributed by atoms with Crippen LogP contribution in [0.5, 0.6) is 0 Å². The number of ether oxygens (including phenoxy) is 1. The smallest absolute Gasteiger partial charge is 0.410 e. The fraction of sp³-hybridized carbons (Fsp3) is 0.417. The average molecular weight is 516 g/mol. The Kier molecular flexibility index (Phi) is 6.41. The van der Waals surface area contributed by atoms with Gasteiger partial charge >= 0.3 is 11.8 Å². The number of fused-ring (bicyclic) bond motifs is 1. The molecule has 192 valence electrons. The van der Waals surface area contributed by atoms with Crippen LogP contribution in [0.2, 0.25) is 0 Å². The number of H-pyrrole nitrogens is 1. The quantitative estimate of drug-likeness (QED) is 0.391. The lowest BCUT2D eigenvalue weighted by molar-refractivity contribution is -0.384. The lowest BCUT2D eigenvalue weighted by Crippen LogP contribution is -2.57. The van der Waals surface area contributed by atoms with Crippen molar-refractivity contribution in [2.24, 2.45) is 0 Å². The van der Waals surface area contributed by atoms with Crippen molar-refractivity contribution in [3.8, 4) is 0 Å². The third-order valence-electron chi connectivity index (χ3n) is 6.20. The first-order chi connectivity index (χ1) is 16.8. The molecule has 1 amide bonds. The number of carbonyl (C=O) groups is 1. The van der Waals surface area contributed by atoms with E-state index in [1.807, 2.05) is 0 Å². The monoisotopic (exact) mass is 515 g/mol. The van der Waals surface area contributed by atoms with Crippen molar-refractivity contribution >= 4 is 38.5 Å². The maximum atomic E-state index is 14.1. The van der Waals surface area contributed by atoms with E-state index in [2.05, 4.69) is 9.97 Å². The lowest BCUT2D eigenvalue weighted by Gasteiger charge is -2.46. The minimum Gasteiger partial charge on any atom is -0.444 e. The van der Waals surface area contributed by atoms with Crippen LogP contribution in [0.25, 0.3) is 11.0 Å². The zero-order valence-corrected chi connectivity index (χ0v) is 21.4. The maximum absolute atomic E-state index is 14.1. The van der Waals surface area contributed by atoms with Crippen molar-refractivity contribution < 1.29 is 22.9 Å². The molecule has 0 bridgehead atoms. The lowest BCUT2D eigenvalue weighted by atomic mass is 9.89. The van der Waals surface area contributed by atoms with E-state index in [1.165, 1.54) is 17.0 Å². The van der Waals surface area contributed by atoms with E-state index in [1.54, 1.807) is 58.2 Å². The van der Waals surface area contributed by atoms with Crippen molar-refractivity contribution in [1.29, 1.82) is 0 Å². The maximum Gasteiger partial charge on any atom is 0.410 e. The van der Waals surface area contributed by atoms with Crippen molar-refractivity contribution in [1.82, 2.24) is 14.9 Å². The Balaban J connectivity index is 1.84. The molecule has 3 aromatic rings. The first kappa shape index (κ1) is 25.4. The number of carbonyl (C=O) groups excluding carboxylic acids is 1. The average Bonchev–Trinajstić information content (AvgIpc) is 3.28. The van der Waals surface area contributed by atoms with E-state index in [9.17, 15) is 23.3 Å². The molecule has 0 saturated carbocycles. The van der Waals surface area contributed by atoms with E-state index < -0.39 is 37.9 Å². The van der Waals surface area contributed by atoms with Gasteiger partial charge in [0.15, 0.2) is 0 Å². The number of rotatable bonds is 5. The minimum atomic E-state index is -4.25. The van der Waals surface area contributed by atoms with E-state index >= 15 is 0 Å². The second-order valence-electron chi connectivity index (χ2n) is 10.0. The molecular formula is C24H29N5O6S. The number of anilines is 1. The number of aromatic nitrogens is 2. The summed E-state index contributed by atoms with van der Waals surface area (Å²) in [6.45, 7) is 7.53. The van der Waals surface area contributed by atoms with Gasteiger partial charge in [0.1, 0.15) is 23.1 Å². The van der Waals surface area contributed by atoms with Gasteiger partial charge in [-0.2, -0.15) is 0 Å². The molecule has 11 nitrogen and oxygen atoms in total. The molecule has 1 N–H and O–H groups in total. The second kappa shape index (κ2) is 9.08. The van der Waals surface area contributed by atoms with Gasteiger partial charge in [-0.3, -0.25) is 14.4 Å². The van der Waals surface area contributed by atoms with Gasteiger partial charge < -0.3 is 14.6 Å². The molecule has 2 aromatic heterocycles. The fourth-order valence-electron chi connectivity index (χ4n) is 4.41. The van der Waals surface area contributed by atoms with E-state index in [4.69, 9.17) is 4.74 Å². The zero-order valence-electron chi connectivity index (χ0n) is 20.6. The first-order valence-corrected chi connectivity index (χ1v) is 13.0. The summed E-state index contributed by atoms with van der Waals surface area (Å²) >= 11 is 0. The summed E-state index contributed by atoms with van der Waals surface area (Å²) in [6, 6.07) is 9.41. The zero-order chi connectivity index (χ0) is 26.3. The topological polar surface area (TPSA) is 139 Å². The Morgan fingerprint density at radius 3 is 2.42 bits per heavy atom. The fourth-order valence-corrected chi connectivity index (χ4v) is 6.32. The van der Waals surface area contributed by atoms with Gasteiger partial charge in [-0.15, -0.1) is 0 Å². The van der Waals surface area contributed by atoms with Crippen LogP contribution in [0.1, 0.15) is 40.5 Å². The SMILES string of the molecule is CC(C)(C)OC(=O)N1CCC(C)(N(c2c([N+](=O)[O-])cnc3[nH]ccc23)S(=O)(=O)c2ccccc2)CC1. The minimum absolute atomic E-state index is 0.00981. The molecule has 1 aromatic carbocycles. The van der Waals surface area contributed by atoms with Crippen LogP contribution in [0.15, 0.2) is 53.7 Å². The highest BCUT2D eigenvalue weighted by molar-refractivity contribution is 7.93. The highest BCUT2D eigenvalue weighted by Gasteiger charge is 2.47. The largest absolute Gasteiger partial charge is 0.444 e. The number of hydrogen-bond acceptors (Lipinski definition) is 7. The van der Waals surface area contributed by atoms with Crippen LogP contribution in [0.3, 0.4) is 0 Å². The second-order valence-corrected chi connectivity index (χ2v) is 11.8. The Labute approximate surface area is 209 Å². The molecule has 4 rings (SSSR count). The summed E-state index contributed by atoms with van der Waals surface area (Å²) < 4.78 is 34.9. The summed E-state index contributed by atoms with van der Waals surface area (Å²) in [5, 5.41) is 12.4. The van der Waals surface area contributed by atoms with Crippen LogP contribution in [-0.2, 0) is 14.8 Å². The number of hydrogen-bond donors (Lipinski definition) is 1. The van der Waals surface area contributed by atoms with Crippen molar-refractivity contribution in [3.05, 3.63) is 58.9 Å². The number of likely N-dealkylation sites (tertiary alicyclic amines) is 1. The van der Waals surface area contributed by atoms with Crippen LogP contribution in [-0.4, -0.2) is 58.5 Å². The van der Waals surface area contributed by atoms with Gasteiger partial charge in [0.05, 0.1) is 20.7 Å². The van der Waals surface area contributed by atoms with Gasteiger partial charge in [-0.1, -0.05) is 18.2 Å². The predicted molar refractivity (Wildman–Crippen MR) is 134 cm³/mol. The molecule has 12 heteroatoms. The van der Waals surface area contributed by atoms with Crippen LogP contribution < -0.4 is 4.31 Å². The number of aromatic amines is 1. The molecule has 1 aliphatic rings. The highest BCUT2D eigenvalue weighted by atomic mass is 32.2. The Morgan fingerprint density at radius 1 is 1.19 bits per heavy atom. The molecule has 1 saturated heterocycles. The van der Waals surface area contributed by atoms with E-state index in [-0.39, 0.29) is 36.5 Å². The summed E-state index contributed by atoms with van der Waals surface area (Å²) in [6.07, 6.45) is 2.63. The number of piperidine rings is 1. The van der Waals surface area contributed by atoms with E-state index in [0.717, 1.165) is 10.5 Å². The molecule has 0 unspecified atom stereocenters. The van der Waals surface area contributed by atoms with Crippen LogP contribution >= 0.6 is 0 Å². The standard InChI is InChI=1S/C24H29N5O6S/c1-23(2,3)35-22(30)27-14-11-24(4,12-15-27)28(36(33,34)17-8-6-5-7-9-17)20-18-10-13-25-21(18)26-16-19(20)29(31)32/h5-10,13,16H,11-12,14-15H2,1-4H3,(H,25,26). The number of amides is 1. The molecule has 1 aliphatic heterocycles. The highest BCUT2D eigenvalue weighted by Crippen LogP contribution is 2.45. The molecule has 0 atom stereocenters. The summed E-state index contributed by atoms with van der Waals surface area (Å²) in [4.78, 5) is 32.7. The molecule has 3 heterocycles. The van der Waals surface area contributed by atoms with Crippen molar-refractivity contribution in [3.63, 3.8) is 0 Å². The number of nitrogens with one attached hydrogen (secondary N) is 1. The third kappa shape index (κ3) is 4.72. The predicted octanol–water partition coefficient (Wildman–Crippen LogP) is 4.46. The normalized spacial score (nSPS) is 16.1. The number of sulfonamides is 1. The Hall–Kier alpha value is -3.67. The summed E-state index contributed by atoms with van der Waals surface area (Å²) in [7, 11) is -4.25. The summed E-state index contributed by atoms with van der Waals surface area (Å²) in [5.41, 5.74) is -1.89. The van der Waals surface area contributed by atoms with Crippen LogP contribution in [0.4, 0.5) is 16.2 Å². The molecule has 0 aliphatic carbocycles. The number of benzene rings is 1. The third-order valence-corrected chi connectivity index (χ3v) is 8.17. The molecule has 0 spiro atoms. The number of nitro groups is 1. The molecule has 0 radical (unpaired) electrons. The number of nitrogens with zero attached hydrogens (tertiary/aromatic N) is 4. The van der Waals surface area contributed by atoms with Gasteiger partial charge in [-0.05, 0) is 58.7 Å². The Morgan fingerprint density at radius 2 is 1.83 bits per heavy atom. The molecule has 36 heavy (non-hydrogen) atoms. The van der Waals surface area contributed by atoms with E-state index in [0.29, 0.717) is 11.0 Å². The van der Waals surface area contributed by atoms with Gasteiger partial charge in [0.2, 0.25) is 0 Å². The molecular weight excluding hydrogens is 486 g/mol. The molecule has 1 fully saturated rings. The van der Waals surface area contributed by atoms with Gasteiger partial charge in [-0.25, -0.2) is 18.2 Å². The van der Waals surface area contributed by atoms with Gasteiger partial charge in [0, 0.05) is 19.3 Å². The van der Waals surface area contributed by atoms with Crippen molar-refractivity contribution in [2.75, 3.05) is 17.4 Å². The Bertz CT molecular complexity index is 1390.